The number of hydrogen-bond donors (Lipinski definition) is 3. The van der Waals surface area contributed by atoms with Gasteiger partial charge in [0.05, 0.1) is 25.5 Å². The molecule has 8 heterocycles. The van der Waals surface area contributed by atoms with Gasteiger partial charge in [0, 0.05) is 103 Å². The maximum absolute atomic E-state index is 12.6. The summed E-state index contributed by atoms with van der Waals surface area (Å²) in [7, 11) is 9.63. The molecule has 3 N–H and O–H groups in total. The maximum atomic E-state index is 12.6. The molecule has 8 aromatic heterocycles. The van der Waals surface area contributed by atoms with Crippen molar-refractivity contribution in [2.45, 2.75) is 106 Å². The Kier molecular flexibility index (Phi) is 74.2. The van der Waals surface area contributed by atoms with E-state index in [0.717, 1.165) is 83.2 Å². The summed E-state index contributed by atoms with van der Waals surface area (Å²) in [5, 5.41) is 52.8. The zero-order chi connectivity index (χ0) is 101. The summed E-state index contributed by atoms with van der Waals surface area (Å²) >= 11 is 30.9. The first-order chi connectivity index (χ1) is 66.0. The van der Waals surface area contributed by atoms with Gasteiger partial charge in [-0.1, -0.05) is 298 Å². The van der Waals surface area contributed by atoms with Crippen molar-refractivity contribution in [2.24, 2.45) is 0 Å². The molecule has 40 heteroatoms. The Bertz CT molecular complexity index is 6150. The molecule has 0 saturated carbocycles. The van der Waals surface area contributed by atoms with Crippen molar-refractivity contribution in [3.05, 3.63) is 392 Å². The number of alkyl halides is 1. The van der Waals surface area contributed by atoms with E-state index in [1.165, 1.54) is 45.9 Å². The molecule has 0 bridgehead atoms. The number of ether oxygens (including phenoxy) is 2. The van der Waals surface area contributed by atoms with E-state index in [-0.39, 0.29) is 210 Å². The second-order valence-electron chi connectivity index (χ2n) is 30.6. The van der Waals surface area contributed by atoms with Crippen LogP contribution in [0.25, 0.3) is 71.6 Å². The Balaban J connectivity index is 0. The third-order valence-corrected chi connectivity index (χ3v) is 25.2. The van der Waals surface area contributed by atoms with Crippen LogP contribution in [0.3, 0.4) is 0 Å². The van der Waals surface area contributed by atoms with Crippen LogP contribution in [-0.4, -0.2) is 121 Å². The normalized spacial score (nSPS) is 9.89. The first kappa shape index (κ1) is 137. The Hall–Kier alpha value is -4.73. The molecule has 0 unspecified atom stereocenters. The fourth-order valence-corrected chi connectivity index (χ4v) is 17.7. The second-order valence-corrected chi connectivity index (χ2v) is 44.9. The molecule has 17 aromatic rings. The van der Waals surface area contributed by atoms with Crippen LogP contribution in [0.4, 0.5) is 9.59 Å². The SMILES string of the molecule is C.C.C#C[Si](C)(C)C.CC(C)(C)OC(=O)n1cc(-c2cn(Cc3ccc(Cl)cc3)nn2)c2cccnc21.CC(C)(C)OC(=O)n1cc(I)c2cccnc21.CO.CO.ClCc1ccc(Cl)cc1.Clc1ccc(Cn2cc(-c3c[nH]c4ncccc34)nn2)cc1.O=CO[O-].[Cl][Pd][Cl].[Cs+].[Cu][I].[H-].[K+].[K+].[N-]=[N+]=[N-].c1ccc(P(c2ccccc2)c2ccccc2)cc1.c1ccc(P(c2ccccc2)c2ccccc2)cc1. The molecule has 0 fully saturated rings. The number of hydrogen-bond acceptors (Lipinski definition) is 16. The molecule has 24 nitrogen and oxygen atoms in total. The van der Waals surface area contributed by atoms with Crippen LogP contribution in [0.5, 0.6) is 0 Å². The number of benzene rings is 9. The molecule has 0 radical (unpaired) electrons. The molecule has 0 saturated heterocycles. The number of aromatic nitrogens is 12. The number of nitrogens with zero attached hydrogens (tertiary/aromatic N) is 14. The molecule has 0 aliphatic carbocycles. The van der Waals surface area contributed by atoms with Crippen molar-refractivity contribution in [1.29, 1.82) is 0 Å². The fraction of sp³-hybridized carbons (Fsp3) is 0.176. The van der Waals surface area contributed by atoms with E-state index in [1.54, 1.807) is 56.0 Å². The maximum Gasteiger partial charge on any atom is 1.00 e. The Labute approximate surface area is 1050 Å². The zero-order valence-corrected chi connectivity index (χ0v) is 106. The van der Waals surface area contributed by atoms with E-state index < -0.39 is 47.3 Å². The summed E-state index contributed by atoms with van der Waals surface area (Å²) in [6.07, 6.45) is 18.4. The first-order valence-corrected chi connectivity index (χ1v) is 57.0. The molecule has 0 spiro atoms. The van der Waals surface area contributed by atoms with Crippen molar-refractivity contribution in [1.82, 2.24) is 59.1 Å². The minimum atomic E-state index is -1.10. The van der Waals surface area contributed by atoms with Gasteiger partial charge >= 0.3 is 252 Å². The van der Waals surface area contributed by atoms with E-state index in [9.17, 15) is 9.59 Å². The van der Waals surface area contributed by atoms with Crippen LogP contribution in [0.1, 0.15) is 74.5 Å². The Morgan fingerprint density at radius 2 is 0.796 bits per heavy atom. The number of carbonyl (C=O) groups is 3. The second kappa shape index (κ2) is 76.7. The number of halogens is 8. The summed E-state index contributed by atoms with van der Waals surface area (Å²) < 4.78 is 18.2. The van der Waals surface area contributed by atoms with E-state index in [1.807, 2.05) is 174 Å². The number of nitrogens with one attached hydrogen (secondary N) is 1. The molecule has 0 aliphatic rings. The largest absolute Gasteiger partial charge is 1.00 e. The minimum absolute atomic E-state index is 0. The van der Waals surface area contributed by atoms with E-state index in [2.05, 4.69) is 288 Å². The van der Waals surface area contributed by atoms with Crippen LogP contribution in [0, 0.1) is 15.5 Å². The first-order valence-electron chi connectivity index (χ1n) is 41.0. The van der Waals surface area contributed by atoms with Gasteiger partial charge in [-0.2, -0.15) is 0 Å². The molecule has 9 aromatic carbocycles. The quantitative estimate of drug-likeness (QED) is 0.00778. The van der Waals surface area contributed by atoms with Gasteiger partial charge in [0.2, 0.25) is 0 Å². The fourth-order valence-electron chi connectivity index (χ4n) is 11.8. The van der Waals surface area contributed by atoms with Gasteiger partial charge in [-0.25, -0.2) is 43.0 Å². The number of rotatable bonds is 14. The Morgan fingerprint density at radius 1 is 0.514 bits per heavy atom. The smallest absolute Gasteiger partial charge is 1.00 e. The number of H-pyrrole nitrogens is 1. The molecular formula is C102H109Cl6CsCuI2K2N15O9P2PdSi. The molecule has 142 heavy (non-hydrogen) atoms. The summed E-state index contributed by atoms with van der Waals surface area (Å²) in [5.74, 6) is 0.553. The molecule has 17 rings (SSSR count). The van der Waals surface area contributed by atoms with Crippen molar-refractivity contribution in [3.8, 4) is 34.5 Å². The van der Waals surface area contributed by atoms with Crippen LogP contribution in [0.2, 0.25) is 34.7 Å². The topological polar surface area (TPSA) is 327 Å². The zero-order valence-electron chi connectivity index (χ0n) is 80.2. The number of fused-ring (bicyclic) bond motifs is 3. The van der Waals surface area contributed by atoms with Crippen molar-refractivity contribution >= 4 is 216 Å². The van der Waals surface area contributed by atoms with E-state index >= 15 is 0 Å². The van der Waals surface area contributed by atoms with Crippen LogP contribution in [0.15, 0.2) is 341 Å². The van der Waals surface area contributed by atoms with Gasteiger partial charge in [0.1, 0.15) is 47.6 Å². The predicted octanol–water partition coefficient (Wildman–Crippen LogP) is 16.4. The van der Waals surface area contributed by atoms with E-state index in [4.69, 9.17) is 113 Å². The van der Waals surface area contributed by atoms with Gasteiger partial charge in [0.25, 0.3) is 6.47 Å². The van der Waals surface area contributed by atoms with Crippen LogP contribution >= 0.6 is 124 Å². The molecule has 0 amide bonds. The molecule has 0 aliphatic heterocycles. The van der Waals surface area contributed by atoms with Crippen LogP contribution in [-0.2, 0) is 66.8 Å². The minimum Gasteiger partial charge on any atom is -1.00 e. The molecule has 0 atom stereocenters. The van der Waals surface area contributed by atoms with Gasteiger partial charge in [-0.05, 0) is 201 Å². The standard InChI is InChI=1S/C21H20ClN5O2.2C18H15P.C16H12ClN5.C12H13IN2O2.C7H6Cl2.C5H10Si.CH2O3.2CH4O.2CH4.2ClH.Cs.Cu.HI.2K.N3.Pd.H/c1-21(2,3)29-20(28)27-12-17(16-5-4-10-23-19(16)27)18-13-26(25-24-18)11-14-6-8-15(22)9-7-14;2*1-4-10-16(11-5-1)19(17-12-6-2-7-13-17)18-14-8-3-9-15-18;17-12-5-3-11(4-6-12)9-22-10-15(20-21-22)14-8-19-16-13(14)2-1-7-18-16;1-12(2,3)17-11(16)15-7-9(13)8-5-4-6-14-10(8)15;8-5-6-1-3-7(9)4-2-6;1-5-6(2,3)4;2-1-4-3;2*1-2;;;;;;;;;;1-3-2;;/h4-10,12-13H,11H2,1-3H3;2*1-15H;1-8,10H,9H2,(H,18,19);4-7H,1-3H3;1-4H,5H2;1H,2-4H3;1,3H;2*2H,1H3;2*1H4;2*1H;;;1H;;;;;/q;;;;;;;;;;;;;;2*+1;;2*+1;-1;+2;-1/p-4. The summed E-state index contributed by atoms with van der Waals surface area (Å²) in [6.45, 7) is 18.5. The monoisotopic (exact) mass is 2620 g/mol. The van der Waals surface area contributed by atoms with Crippen molar-refractivity contribution in [2.75, 3.05) is 14.2 Å². The van der Waals surface area contributed by atoms with Gasteiger partial charge in [-0.3, -0.25) is 9.71 Å². The summed E-state index contributed by atoms with van der Waals surface area (Å²) in [5.41, 5.74) is 23.7. The number of pyridine rings is 3. The van der Waals surface area contributed by atoms with Crippen LogP contribution < -0.4 is 209 Å². The van der Waals surface area contributed by atoms with Crippen molar-refractivity contribution < 1.29 is 246 Å². The number of aliphatic hydroxyl groups is 2. The third kappa shape index (κ3) is 49.8. The predicted molar refractivity (Wildman–Crippen MR) is 588 cm³/mol. The van der Waals surface area contributed by atoms with Crippen molar-refractivity contribution in [3.63, 3.8) is 0 Å². The average molecular weight is 2630 g/mol. The number of aliphatic hydroxyl groups excluding tert-OH is 2. The number of aromatic amines is 1. The number of terminal acetylenes is 1. The summed E-state index contributed by atoms with van der Waals surface area (Å²) in [4.78, 5) is 53.4. The van der Waals surface area contributed by atoms with Gasteiger partial charge < -0.3 is 47.3 Å². The third-order valence-electron chi connectivity index (χ3n) is 17.5. The van der Waals surface area contributed by atoms with Gasteiger partial charge in [0.15, 0.2) is 0 Å². The summed E-state index contributed by atoms with van der Waals surface area (Å²) in [6, 6.07) is 98.9. The Morgan fingerprint density at radius 3 is 1.10 bits per heavy atom. The number of carbonyl (C=O) groups excluding carboxylic acids is 3. The van der Waals surface area contributed by atoms with E-state index in [0.29, 0.717) is 41.0 Å². The molecule has 740 valence electrons. The van der Waals surface area contributed by atoms with Gasteiger partial charge in [-0.15, -0.1) is 33.8 Å². The average Bonchev–Trinajstić information content (AvgIpc) is 1.62. The molecular weight excluding hydrogens is 2520 g/mol.